The molecule has 22 heavy (non-hydrogen) atoms. The van der Waals surface area contributed by atoms with Crippen LogP contribution in [0.25, 0.3) is 4.96 Å². The molecule has 0 bridgehead atoms. The maximum absolute atomic E-state index is 12.5. The number of carbonyl (C=O) groups is 1. The minimum atomic E-state index is -0.190. The van der Waals surface area contributed by atoms with Crippen LogP contribution in [-0.4, -0.2) is 30.1 Å². The molecule has 0 saturated carbocycles. The molecule has 0 aromatic carbocycles. The van der Waals surface area contributed by atoms with Gasteiger partial charge in [-0.15, -0.1) is 11.3 Å². The number of aromatic nitrogens is 5. The number of nitrogens with one attached hydrogen (secondary N) is 1. The van der Waals surface area contributed by atoms with Gasteiger partial charge in [0.1, 0.15) is 17.8 Å². The molecular weight excluding hydrogens is 300 g/mol. The van der Waals surface area contributed by atoms with E-state index in [-0.39, 0.29) is 11.9 Å². The van der Waals surface area contributed by atoms with Crippen LogP contribution >= 0.6 is 11.3 Å². The molecule has 8 heteroatoms. The van der Waals surface area contributed by atoms with E-state index >= 15 is 0 Å². The smallest absolute Gasteiger partial charge is 0.272 e. The van der Waals surface area contributed by atoms with Crippen molar-refractivity contribution in [3.8, 4) is 0 Å². The van der Waals surface area contributed by atoms with Gasteiger partial charge in [-0.25, -0.2) is 9.97 Å². The zero-order valence-electron chi connectivity index (χ0n) is 12.7. The van der Waals surface area contributed by atoms with Gasteiger partial charge < -0.3 is 5.32 Å². The monoisotopic (exact) mass is 318 g/mol. The van der Waals surface area contributed by atoms with Crippen LogP contribution in [0.15, 0.2) is 24.1 Å². The molecule has 0 aliphatic heterocycles. The number of imidazole rings is 1. The Morgan fingerprint density at radius 1 is 1.45 bits per heavy atom. The van der Waals surface area contributed by atoms with Crippen molar-refractivity contribution in [2.75, 3.05) is 0 Å². The van der Waals surface area contributed by atoms with E-state index < -0.39 is 0 Å². The third-order valence-corrected chi connectivity index (χ3v) is 4.17. The zero-order chi connectivity index (χ0) is 15.7. The topological polar surface area (TPSA) is 77.1 Å². The fourth-order valence-electron chi connectivity index (χ4n) is 2.39. The zero-order valence-corrected chi connectivity index (χ0v) is 13.5. The Morgan fingerprint density at radius 3 is 2.91 bits per heavy atom. The molecular formula is C14H18N6OS. The minimum absolute atomic E-state index is 0.181. The molecule has 7 nitrogen and oxygen atoms in total. The van der Waals surface area contributed by atoms with Gasteiger partial charge in [-0.2, -0.15) is 5.10 Å². The molecule has 0 fully saturated rings. The lowest BCUT2D eigenvalue weighted by atomic mass is 10.0. The molecule has 1 amide bonds. The molecule has 0 spiro atoms. The summed E-state index contributed by atoms with van der Waals surface area (Å²) in [5, 5.41) is 9.05. The summed E-state index contributed by atoms with van der Waals surface area (Å²) in [5.74, 6) is 0.986. The van der Waals surface area contributed by atoms with Gasteiger partial charge in [0.05, 0.1) is 6.04 Å². The quantitative estimate of drug-likeness (QED) is 0.781. The largest absolute Gasteiger partial charge is 0.341 e. The number of hydrogen-bond acceptors (Lipinski definition) is 5. The summed E-state index contributed by atoms with van der Waals surface area (Å²) in [4.78, 5) is 21.9. The molecule has 3 heterocycles. The number of thiazole rings is 1. The van der Waals surface area contributed by atoms with Crippen LogP contribution in [-0.2, 0) is 7.05 Å². The Kier molecular flexibility index (Phi) is 3.93. The van der Waals surface area contributed by atoms with Gasteiger partial charge in [0.15, 0.2) is 4.96 Å². The van der Waals surface area contributed by atoms with Crippen molar-refractivity contribution in [1.82, 2.24) is 29.5 Å². The summed E-state index contributed by atoms with van der Waals surface area (Å²) in [5.41, 5.74) is 0.419. The number of aryl methyl sites for hydroxylation is 1. The van der Waals surface area contributed by atoms with Crippen LogP contribution in [0, 0.1) is 5.92 Å². The van der Waals surface area contributed by atoms with Crippen LogP contribution in [0.4, 0.5) is 0 Å². The lowest BCUT2D eigenvalue weighted by Crippen LogP contribution is -2.31. The lowest BCUT2D eigenvalue weighted by molar-refractivity contribution is 0.0924. The average Bonchev–Trinajstić information content (AvgIpc) is 3.11. The highest BCUT2D eigenvalue weighted by Gasteiger charge is 2.22. The molecule has 3 rings (SSSR count). The normalized spacial score (nSPS) is 12.9. The van der Waals surface area contributed by atoms with E-state index in [9.17, 15) is 4.79 Å². The Hall–Kier alpha value is -2.22. The van der Waals surface area contributed by atoms with E-state index in [0.717, 1.165) is 17.2 Å². The van der Waals surface area contributed by atoms with Crippen molar-refractivity contribution in [3.63, 3.8) is 0 Å². The summed E-state index contributed by atoms with van der Waals surface area (Å²) in [6, 6.07) is -0.181. The Balaban J connectivity index is 1.81. The summed E-state index contributed by atoms with van der Waals surface area (Å²) < 4.78 is 3.54. The fourth-order valence-corrected chi connectivity index (χ4v) is 3.09. The second-order valence-electron chi connectivity index (χ2n) is 5.62. The molecule has 3 aromatic rings. The highest BCUT2D eigenvalue weighted by molar-refractivity contribution is 7.15. The van der Waals surface area contributed by atoms with Gasteiger partial charge in [-0.3, -0.25) is 13.9 Å². The first kappa shape index (κ1) is 14.7. The fraction of sp³-hybridized carbons (Fsp3) is 0.429. The molecule has 0 aliphatic rings. The number of hydrogen-bond donors (Lipinski definition) is 1. The van der Waals surface area contributed by atoms with E-state index in [1.807, 2.05) is 23.0 Å². The van der Waals surface area contributed by atoms with E-state index in [1.54, 1.807) is 10.9 Å². The predicted octanol–water partition coefficient (Wildman–Crippen LogP) is 2.04. The number of carbonyl (C=O) groups excluding carboxylic acids is 1. The molecule has 0 unspecified atom stereocenters. The number of rotatable bonds is 5. The van der Waals surface area contributed by atoms with Gasteiger partial charge in [0.2, 0.25) is 0 Å². The summed E-state index contributed by atoms with van der Waals surface area (Å²) >= 11 is 1.50. The summed E-state index contributed by atoms with van der Waals surface area (Å²) in [6.07, 6.45) is 5.92. The van der Waals surface area contributed by atoms with Crippen LogP contribution < -0.4 is 5.32 Å². The lowest BCUT2D eigenvalue weighted by Gasteiger charge is -2.19. The van der Waals surface area contributed by atoms with Gasteiger partial charge in [0.25, 0.3) is 5.91 Å². The van der Waals surface area contributed by atoms with Gasteiger partial charge in [0, 0.05) is 24.8 Å². The predicted molar refractivity (Wildman–Crippen MR) is 83.7 cm³/mol. The van der Waals surface area contributed by atoms with Crippen molar-refractivity contribution >= 4 is 22.2 Å². The Morgan fingerprint density at radius 2 is 2.27 bits per heavy atom. The molecule has 1 atom stereocenters. The van der Waals surface area contributed by atoms with Crippen molar-refractivity contribution in [2.45, 2.75) is 26.3 Å². The van der Waals surface area contributed by atoms with Crippen molar-refractivity contribution in [2.24, 2.45) is 13.0 Å². The summed E-state index contributed by atoms with van der Waals surface area (Å²) in [6.45, 7) is 4.23. The highest BCUT2D eigenvalue weighted by Crippen LogP contribution is 2.20. The van der Waals surface area contributed by atoms with Crippen LogP contribution in [0.1, 0.15) is 42.6 Å². The first-order valence-corrected chi connectivity index (χ1v) is 7.99. The molecule has 0 saturated heterocycles. The third kappa shape index (κ3) is 2.87. The molecule has 0 radical (unpaired) electrons. The molecule has 116 valence electrons. The second-order valence-corrected chi connectivity index (χ2v) is 6.49. The number of fused-ring (bicyclic) bond motifs is 1. The standard InChI is InChI=1S/C14H18N6OS/c1-9(2)6-10(12-15-8-16-19(12)3)17-13(21)11-7-20-4-5-22-14(20)18-11/h4-5,7-10H,6H2,1-3H3,(H,17,21)/t10-/m0/s1. The Bertz CT molecular complexity index is 758. The number of nitrogens with zero attached hydrogens (tertiary/aromatic N) is 5. The van der Waals surface area contributed by atoms with Gasteiger partial charge in [-0.1, -0.05) is 13.8 Å². The van der Waals surface area contributed by atoms with Crippen molar-refractivity contribution < 1.29 is 4.79 Å². The Labute approximate surface area is 132 Å². The maximum atomic E-state index is 12.5. The van der Waals surface area contributed by atoms with Gasteiger partial charge >= 0.3 is 0 Å². The second kappa shape index (κ2) is 5.88. The molecule has 3 aromatic heterocycles. The van der Waals surface area contributed by atoms with Crippen LogP contribution in [0.5, 0.6) is 0 Å². The van der Waals surface area contributed by atoms with E-state index in [2.05, 4.69) is 34.2 Å². The first-order chi connectivity index (χ1) is 10.5. The number of amides is 1. The van der Waals surface area contributed by atoms with Crippen LogP contribution in [0.3, 0.4) is 0 Å². The van der Waals surface area contributed by atoms with Crippen LogP contribution in [0.2, 0.25) is 0 Å². The highest BCUT2D eigenvalue weighted by atomic mass is 32.1. The summed E-state index contributed by atoms with van der Waals surface area (Å²) in [7, 11) is 1.83. The average molecular weight is 318 g/mol. The van der Waals surface area contributed by atoms with Crippen molar-refractivity contribution in [3.05, 3.63) is 35.6 Å². The van der Waals surface area contributed by atoms with E-state index in [0.29, 0.717) is 11.6 Å². The van der Waals surface area contributed by atoms with E-state index in [4.69, 9.17) is 0 Å². The van der Waals surface area contributed by atoms with Gasteiger partial charge in [-0.05, 0) is 12.3 Å². The molecule has 1 N–H and O–H groups in total. The first-order valence-electron chi connectivity index (χ1n) is 7.11. The third-order valence-electron chi connectivity index (χ3n) is 3.40. The van der Waals surface area contributed by atoms with Crippen molar-refractivity contribution in [1.29, 1.82) is 0 Å². The maximum Gasteiger partial charge on any atom is 0.272 e. The van der Waals surface area contributed by atoms with E-state index in [1.165, 1.54) is 17.7 Å². The minimum Gasteiger partial charge on any atom is -0.341 e. The SMILES string of the molecule is CC(C)C[C@H](NC(=O)c1cn2ccsc2n1)c1ncnn1C. The molecule has 0 aliphatic carbocycles.